The first-order valence-corrected chi connectivity index (χ1v) is 7.65. The molecule has 5 nitrogen and oxygen atoms in total. The van der Waals surface area contributed by atoms with Crippen molar-refractivity contribution in [3.63, 3.8) is 0 Å². The average Bonchev–Trinajstić information content (AvgIpc) is 2.55. The van der Waals surface area contributed by atoms with E-state index in [1.54, 1.807) is 12.0 Å². The number of likely N-dealkylation sites (tertiary alicyclic amines) is 1. The lowest BCUT2D eigenvalue weighted by Crippen LogP contribution is -2.43. The first-order chi connectivity index (χ1) is 10.5. The van der Waals surface area contributed by atoms with E-state index in [1.165, 1.54) is 0 Å². The third-order valence-corrected chi connectivity index (χ3v) is 4.28. The SMILES string of the molecule is COc1ccc(C[C@@H](C)C(=O)N2CCC(C(=O)O)CC2)cc1. The van der Waals surface area contributed by atoms with Crippen LogP contribution in [0.3, 0.4) is 0 Å². The van der Waals surface area contributed by atoms with Crippen molar-refractivity contribution in [2.24, 2.45) is 11.8 Å². The highest BCUT2D eigenvalue weighted by atomic mass is 16.5. The highest BCUT2D eigenvalue weighted by Crippen LogP contribution is 2.21. The second-order valence-corrected chi connectivity index (χ2v) is 5.89. The van der Waals surface area contributed by atoms with Crippen LogP contribution < -0.4 is 4.74 Å². The molecule has 1 aliphatic rings. The minimum atomic E-state index is -0.751. The molecule has 1 fully saturated rings. The minimum absolute atomic E-state index is 0.102. The van der Waals surface area contributed by atoms with Crippen LogP contribution >= 0.6 is 0 Å². The summed E-state index contributed by atoms with van der Waals surface area (Å²) in [7, 11) is 1.63. The van der Waals surface area contributed by atoms with Gasteiger partial charge in [0.25, 0.3) is 0 Å². The Labute approximate surface area is 130 Å². The summed E-state index contributed by atoms with van der Waals surface area (Å²) >= 11 is 0. The van der Waals surface area contributed by atoms with Gasteiger partial charge in [0.2, 0.25) is 5.91 Å². The minimum Gasteiger partial charge on any atom is -0.497 e. The largest absolute Gasteiger partial charge is 0.497 e. The fraction of sp³-hybridized carbons (Fsp3) is 0.529. The lowest BCUT2D eigenvalue weighted by Gasteiger charge is -2.32. The van der Waals surface area contributed by atoms with Crippen LogP contribution in [0.2, 0.25) is 0 Å². The van der Waals surface area contributed by atoms with Gasteiger partial charge in [-0.3, -0.25) is 9.59 Å². The number of hydrogen-bond donors (Lipinski definition) is 1. The van der Waals surface area contributed by atoms with Gasteiger partial charge in [-0.1, -0.05) is 19.1 Å². The van der Waals surface area contributed by atoms with Crippen molar-refractivity contribution in [3.8, 4) is 5.75 Å². The number of benzene rings is 1. The van der Waals surface area contributed by atoms with Crippen LogP contribution in [-0.4, -0.2) is 42.1 Å². The van der Waals surface area contributed by atoms with Gasteiger partial charge >= 0.3 is 5.97 Å². The zero-order valence-corrected chi connectivity index (χ0v) is 13.1. The number of amides is 1. The number of rotatable bonds is 5. The zero-order chi connectivity index (χ0) is 16.1. The van der Waals surface area contributed by atoms with Crippen LogP contribution in [0, 0.1) is 11.8 Å². The van der Waals surface area contributed by atoms with Crippen molar-refractivity contribution in [1.29, 1.82) is 0 Å². The fourth-order valence-corrected chi connectivity index (χ4v) is 2.86. The molecule has 1 aromatic rings. The molecule has 1 saturated heterocycles. The number of carbonyl (C=O) groups is 2. The van der Waals surface area contributed by atoms with Crippen molar-refractivity contribution < 1.29 is 19.4 Å². The van der Waals surface area contributed by atoms with E-state index in [1.807, 2.05) is 31.2 Å². The highest BCUT2D eigenvalue weighted by molar-refractivity contribution is 5.79. The number of carbonyl (C=O) groups excluding carboxylic acids is 1. The third kappa shape index (κ3) is 4.00. The van der Waals surface area contributed by atoms with Gasteiger partial charge in [0.05, 0.1) is 13.0 Å². The fourth-order valence-electron chi connectivity index (χ4n) is 2.86. The molecule has 0 aliphatic carbocycles. The van der Waals surface area contributed by atoms with E-state index in [4.69, 9.17) is 9.84 Å². The molecule has 0 aromatic heterocycles. The number of ether oxygens (including phenoxy) is 1. The van der Waals surface area contributed by atoms with E-state index in [-0.39, 0.29) is 17.7 Å². The molecule has 22 heavy (non-hydrogen) atoms. The van der Waals surface area contributed by atoms with E-state index in [0.29, 0.717) is 32.4 Å². The predicted octanol–water partition coefficient (Wildman–Crippen LogP) is 2.20. The Balaban J connectivity index is 1.88. The highest BCUT2D eigenvalue weighted by Gasteiger charge is 2.29. The molecule has 0 unspecified atom stereocenters. The van der Waals surface area contributed by atoms with Crippen molar-refractivity contribution >= 4 is 11.9 Å². The summed E-state index contributed by atoms with van der Waals surface area (Å²) in [6, 6.07) is 7.73. The maximum absolute atomic E-state index is 12.5. The van der Waals surface area contributed by atoms with E-state index in [2.05, 4.69) is 0 Å². The normalized spacial score (nSPS) is 17.1. The summed E-state index contributed by atoms with van der Waals surface area (Å²) < 4.78 is 5.12. The Hall–Kier alpha value is -2.04. The molecule has 1 N–H and O–H groups in total. The van der Waals surface area contributed by atoms with Crippen molar-refractivity contribution in [1.82, 2.24) is 4.90 Å². The summed E-state index contributed by atoms with van der Waals surface area (Å²) in [6.07, 6.45) is 1.79. The molecule has 1 aromatic carbocycles. The van der Waals surface area contributed by atoms with Crippen molar-refractivity contribution in [2.75, 3.05) is 20.2 Å². The van der Waals surface area contributed by atoms with Crippen LogP contribution in [-0.2, 0) is 16.0 Å². The number of carboxylic acids is 1. The molecular weight excluding hydrogens is 282 g/mol. The molecule has 0 saturated carbocycles. The Morgan fingerprint density at radius 2 is 1.86 bits per heavy atom. The van der Waals surface area contributed by atoms with Gasteiger partial charge in [-0.15, -0.1) is 0 Å². The van der Waals surface area contributed by atoms with Crippen LogP contribution in [0.5, 0.6) is 5.75 Å². The number of aliphatic carboxylic acids is 1. The maximum atomic E-state index is 12.5. The first kappa shape index (κ1) is 16.3. The zero-order valence-electron chi connectivity index (χ0n) is 13.1. The van der Waals surface area contributed by atoms with Crippen LogP contribution in [0.15, 0.2) is 24.3 Å². The summed E-state index contributed by atoms with van der Waals surface area (Å²) in [4.78, 5) is 25.2. The Morgan fingerprint density at radius 1 is 1.27 bits per heavy atom. The second kappa shape index (κ2) is 7.29. The van der Waals surface area contributed by atoms with Gasteiger partial charge in [-0.25, -0.2) is 0 Å². The molecule has 120 valence electrons. The van der Waals surface area contributed by atoms with Gasteiger partial charge < -0.3 is 14.7 Å². The van der Waals surface area contributed by atoms with Gasteiger partial charge in [-0.05, 0) is 37.0 Å². The molecule has 1 amide bonds. The van der Waals surface area contributed by atoms with E-state index in [9.17, 15) is 9.59 Å². The topological polar surface area (TPSA) is 66.8 Å². The Kier molecular flexibility index (Phi) is 5.41. The molecule has 0 bridgehead atoms. The molecular formula is C17H23NO4. The van der Waals surface area contributed by atoms with Crippen LogP contribution in [0.4, 0.5) is 0 Å². The predicted molar refractivity (Wildman–Crippen MR) is 82.8 cm³/mol. The van der Waals surface area contributed by atoms with Gasteiger partial charge in [0.1, 0.15) is 5.75 Å². The number of nitrogens with zero attached hydrogens (tertiary/aromatic N) is 1. The lowest BCUT2D eigenvalue weighted by atomic mass is 9.94. The van der Waals surface area contributed by atoms with Gasteiger partial charge in [0, 0.05) is 19.0 Å². The average molecular weight is 305 g/mol. The van der Waals surface area contributed by atoms with Crippen LogP contribution in [0.1, 0.15) is 25.3 Å². The number of carboxylic acid groups (broad SMARTS) is 1. The third-order valence-electron chi connectivity index (χ3n) is 4.28. The molecule has 1 aliphatic heterocycles. The number of hydrogen-bond acceptors (Lipinski definition) is 3. The Morgan fingerprint density at radius 3 is 2.36 bits per heavy atom. The van der Waals surface area contributed by atoms with Crippen molar-refractivity contribution in [3.05, 3.63) is 29.8 Å². The summed E-state index contributed by atoms with van der Waals surface area (Å²) in [5, 5.41) is 9.00. The summed E-state index contributed by atoms with van der Waals surface area (Å²) in [5.41, 5.74) is 1.10. The lowest BCUT2D eigenvalue weighted by molar-refractivity contribution is -0.146. The Bertz CT molecular complexity index is 518. The molecule has 0 spiro atoms. The quantitative estimate of drug-likeness (QED) is 0.905. The molecule has 1 atom stereocenters. The maximum Gasteiger partial charge on any atom is 0.306 e. The second-order valence-electron chi connectivity index (χ2n) is 5.89. The van der Waals surface area contributed by atoms with E-state index < -0.39 is 5.97 Å². The molecule has 5 heteroatoms. The summed E-state index contributed by atoms with van der Waals surface area (Å²) in [6.45, 7) is 3.02. The van der Waals surface area contributed by atoms with Crippen LogP contribution in [0.25, 0.3) is 0 Å². The molecule has 0 radical (unpaired) electrons. The van der Waals surface area contributed by atoms with Gasteiger partial charge in [-0.2, -0.15) is 0 Å². The van der Waals surface area contributed by atoms with E-state index >= 15 is 0 Å². The number of methoxy groups -OCH3 is 1. The number of piperidine rings is 1. The van der Waals surface area contributed by atoms with Gasteiger partial charge in [0.15, 0.2) is 0 Å². The monoisotopic (exact) mass is 305 g/mol. The van der Waals surface area contributed by atoms with E-state index in [0.717, 1.165) is 11.3 Å². The molecule has 2 rings (SSSR count). The van der Waals surface area contributed by atoms with Crippen molar-refractivity contribution in [2.45, 2.75) is 26.2 Å². The smallest absolute Gasteiger partial charge is 0.306 e. The first-order valence-electron chi connectivity index (χ1n) is 7.65. The standard InChI is InChI=1S/C17H23NO4/c1-12(11-13-3-5-15(22-2)6-4-13)16(19)18-9-7-14(8-10-18)17(20)21/h3-6,12,14H,7-11H2,1-2H3,(H,20,21)/t12-/m1/s1. The molecule has 1 heterocycles. The summed E-state index contributed by atoms with van der Waals surface area (Å²) in [5.74, 6) is -0.243.